The predicted octanol–water partition coefficient (Wildman–Crippen LogP) is 2.65. The zero-order valence-electron chi connectivity index (χ0n) is 12.9. The summed E-state index contributed by atoms with van der Waals surface area (Å²) in [6.07, 6.45) is 4.37. The Kier molecular flexibility index (Phi) is 5.79. The minimum absolute atomic E-state index is 0.0742. The first-order valence-corrected chi connectivity index (χ1v) is 9.33. The zero-order valence-corrected chi connectivity index (χ0v) is 13.7. The Morgan fingerprint density at radius 1 is 1.14 bits per heavy atom. The molecule has 2 rings (SSSR count). The molecule has 5 heteroatoms. The largest absolute Gasteiger partial charge is 0.313 e. The lowest BCUT2D eigenvalue weighted by Crippen LogP contribution is -2.40. The third-order valence-corrected chi connectivity index (χ3v) is 5.74. The first-order chi connectivity index (χ1) is 10.0. The van der Waals surface area contributed by atoms with Crippen LogP contribution < -0.4 is 10.0 Å². The number of hydrogen-bond acceptors (Lipinski definition) is 3. The summed E-state index contributed by atoms with van der Waals surface area (Å²) in [4.78, 5) is 0.362. The molecule has 0 aliphatic heterocycles. The van der Waals surface area contributed by atoms with Crippen LogP contribution in [0.5, 0.6) is 0 Å². The molecule has 0 bridgehead atoms. The number of hydrogen-bond donors (Lipinski definition) is 2. The van der Waals surface area contributed by atoms with Gasteiger partial charge in [0, 0.05) is 12.6 Å². The van der Waals surface area contributed by atoms with E-state index in [1.165, 1.54) is 6.42 Å². The molecule has 1 aromatic rings. The molecule has 1 aliphatic rings. The van der Waals surface area contributed by atoms with Crippen LogP contribution in [0, 0.1) is 5.92 Å². The van der Waals surface area contributed by atoms with Crippen molar-refractivity contribution in [2.75, 3.05) is 6.54 Å². The lowest BCUT2D eigenvalue weighted by Gasteiger charge is -2.29. The summed E-state index contributed by atoms with van der Waals surface area (Å²) in [5.74, 6) is 0.418. The van der Waals surface area contributed by atoms with Gasteiger partial charge in [-0.05, 0) is 43.0 Å². The number of sulfonamides is 1. The Morgan fingerprint density at radius 2 is 1.81 bits per heavy atom. The number of benzene rings is 1. The molecular formula is C16H26N2O2S. The van der Waals surface area contributed by atoms with E-state index in [0.29, 0.717) is 10.8 Å². The average molecular weight is 310 g/mol. The minimum Gasteiger partial charge on any atom is -0.313 e. The van der Waals surface area contributed by atoms with Crippen LogP contribution in [-0.2, 0) is 16.6 Å². The molecule has 2 N–H and O–H groups in total. The Balaban J connectivity index is 2.04. The Hall–Kier alpha value is -0.910. The van der Waals surface area contributed by atoms with Gasteiger partial charge < -0.3 is 5.32 Å². The van der Waals surface area contributed by atoms with Gasteiger partial charge in [-0.1, -0.05) is 38.8 Å². The molecule has 0 amide bonds. The van der Waals surface area contributed by atoms with Crippen molar-refractivity contribution in [3.63, 3.8) is 0 Å². The van der Waals surface area contributed by atoms with E-state index in [-0.39, 0.29) is 6.04 Å². The van der Waals surface area contributed by atoms with E-state index >= 15 is 0 Å². The van der Waals surface area contributed by atoms with E-state index in [0.717, 1.165) is 37.9 Å². The quantitative estimate of drug-likeness (QED) is 0.849. The summed E-state index contributed by atoms with van der Waals surface area (Å²) in [5.41, 5.74) is 1.10. The monoisotopic (exact) mass is 310 g/mol. The minimum atomic E-state index is -3.40. The Morgan fingerprint density at radius 3 is 2.43 bits per heavy atom. The summed E-state index contributed by atoms with van der Waals surface area (Å²) in [6.45, 7) is 5.85. The van der Waals surface area contributed by atoms with Crippen molar-refractivity contribution in [2.45, 2.75) is 57.0 Å². The van der Waals surface area contributed by atoms with Crippen molar-refractivity contribution in [3.05, 3.63) is 29.8 Å². The van der Waals surface area contributed by atoms with Crippen molar-refractivity contribution >= 4 is 10.0 Å². The van der Waals surface area contributed by atoms with Crippen LogP contribution in [0.3, 0.4) is 0 Å². The topological polar surface area (TPSA) is 58.2 Å². The number of nitrogens with one attached hydrogen (secondary N) is 2. The predicted molar refractivity (Wildman–Crippen MR) is 85.6 cm³/mol. The van der Waals surface area contributed by atoms with Gasteiger partial charge >= 0.3 is 0 Å². The first kappa shape index (κ1) is 16.5. The van der Waals surface area contributed by atoms with Gasteiger partial charge in [0.05, 0.1) is 4.90 Å². The summed E-state index contributed by atoms with van der Waals surface area (Å²) >= 11 is 0. The second-order valence-electron chi connectivity index (χ2n) is 5.91. The van der Waals surface area contributed by atoms with Gasteiger partial charge in [-0.2, -0.15) is 0 Å². The fraction of sp³-hybridized carbons (Fsp3) is 0.625. The van der Waals surface area contributed by atoms with E-state index in [9.17, 15) is 8.42 Å². The molecule has 0 radical (unpaired) electrons. The molecule has 2 unspecified atom stereocenters. The van der Waals surface area contributed by atoms with E-state index in [4.69, 9.17) is 0 Å². The molecule has 1 aliphatic carbocycles. The standard InChI is InChI=1S/C16H26N2O2S/c1-3-17-12-14-8-10-15(11-9-14)21(19,20)18-16-7-5-4-6-13(16)2/h8-11,13,16-18H,3-7,12H2,1-2H3. The van der Waals surface area contributed by atoms with Crippen LogP contribution in [0.4, 0.5) is 0 Å². The molecule has 21 heavy (non-hydrogen) atoms. The Bertz CT molecular complexity index is 540. The molecule has 4 nitrogen and oxygen atoms in total. The summed E-state index contributed by atoms with van der Waals surface area (Å²) in [5, 5.41) is 3.23. The highest BCUT2D eigenvalue weighted by atomic mass is 32.2. The van der Waals surface area contributed by atoms with Gasteiger partial charge in [-0.25, -0.2) is 13.1 Å². The van der Waals surface area contributed by atoms with Crippen molar-refractivity contribution in [1.82, 2.24) is 10.0 Å². The van der Waals surface area contributed by atoms with Crippen LogP contribution >= 0.6 is 0 Å². The molecular weight excluding hydrogens is 284 g/mol. The smallest absolute Gasteiger partial charge is 0.240 e. The maximum atomic E-state index is 12.4. The fourth-order valence-electron chi connectivity index (χ4n) is 2.81. The molecule has 2 atom stereocenters. The van der Waals surface area contributed by atoms with Gasteiger partial charge in [-0.3, -0.25) is 0 Å². The summed E-state index contributed by atoms with van der Waals surface area (Å²) < 4.78 is 27.8. The van der Waals surface area contributed by atoms with Crippen LogP contribution in [0.25, 0.3) is 0 Å². The van der Waals surface area contributed by atoms with Gasteiger partial charge in [-0.15, -0.1) is 0 Å². The first-order valence-electron chi connectivity index (χ1n) is 7.85. The highest BCUT2D eigenvalue weighted by Gasteiger charge is 2.26. The maximum absolute atomic E-state index is 12.4. The van der Waals surface area contributed by atoms with Crippen molar-refractivity contribution in [1.29, 1.82) is 0 Å². The molecule has 1 fully saturated rings. The average Bonchev–Trinajstić information content (AvgIpc) is 2.48. The van der Waals surface area contributed by atoms with E-state index in [1.807, 2.05) is 19.1 Å². The zero-order chi connectivity index (χ0) is 15.3. The highest BCUT2D eigenvalue weighted by Crippen LogP contribution is 2.25. The van der Waals surface area contributed by atoms with Gasteiger partial charge in [0.15, 0.2) is 0 Å². The molecule has 118 valence electrons. The lowest BCUT2D eigenvalue weighted by atomic mass is 9.87. The third-order valence-electron chi connectivity index (χ3n) is 4.23. The molecule has 0 aromatic heterocycles. The van der Waals surface area contributed by atoms with E-state index in [2.05, 4.69) is 17.0 Å². The van der Waals surface area contributed by atoms with Crippen molar-refractivity contribution in [2.24, 2.45) is 5.92 Å². The summed E-state index contributed by atoms with van der Waals surface area (Å²) in [7, 11) is -3.40. The molecule has 1 aromatic carbocycles. The highest BCUT2D eigenvalue weighted by molar-refractivity contribution is 7.89. The number of rotatable bonds is 6. The van der Waals surface area contributed by atoms with Crippen LogP contribution in [0.1, 0.15) is 45.1 Å². The SMILES string of the molecule is CCNCc1ccc(S(=O)(=O)NC2CCCCC2C)cc1. The van der Waals surface area contributed by atoms with Crippen LogP contribution in [-0.4, -0.2) is 21.0 Å². The molecule has 0 spiro atoms. The second-order valence-corrected chi connectivity index (χ2v) is 7.63. The summed E-state index contributed by atoms with van der Waals surface area (Å²) in [6, 6.07) is 7.22. The molecule has 0 heterocycles. The van der Waals surface area contributed by atoms with Crippen molar-refractivity contribution < 1.29 is 8.42 Å². The van der Waals surface area contributed by atoms with Gasteiger partial charge in [0.1, 0.15) is 0 Å². The van der Waals surface area contributed by atoms with Crippen LogP contribution in [0.2, 0.25) is 0 Å². The second kappa shape index (κ2) is 7.38. The third kappa shape index (κ3) is 4.53. The molecule has 1 saturated carbocycles. The normalized spacial score (nSPS) is 23.1. The van der Waals surface area contributed by atoms with Gasteiger partial charge in [0.2, 0.25) is 10.0 Å². The van der Waals surface area contributed by atoms with E-state index in [1.54, 1.807) is 12.1 Å². The molecule has 0 saturated heterocycles. The van der Waals surface area contributed by atoms with Crippen LogP contribution in [0.15, 0.2) is 29.2 Å². The lowest BCUT2D eigenvalue weighted by molar-refractivity contribution is 0.310. The fourth-order valence-corrected chi connectivity index (χ4v) is 4.19. The van der Waals surface area contributed by atoms with Gasteiger partial charge in [0.25, 0.3) is 0 Å². The Labute approximate surface area is 128 Å². The van der Waals surface area contributed by atoms with E-state index < -0.39 is 10.0 Å². The van der Waals surface area contributed by atoms with Crippen molar-refractivity contribution in [3.8, 4) is 0 Å². The maximum Gasteiger partial charge on any atom is 0.240 e.